The van der Waals surface area contributed by atoms with Gasteiger partial charge in [0, 0.05) is 45.8 Å². The second-order valence-electron chi connectivity index (χ2n) is 5.34. The van der Waals surface area contributed by atoms with Crippen LogP contribution in [-0.4, -0.2) is 65.7 Å². The number of nitrogens with two attached hydrogens (primary N) is 1. The van der Waals surface area contributed by atoms with E-state index in [0.717, 1.165) is 32.7 Å². The smallest absolute Gasteiger partial charge is 0.330 e. The van der Waals surface area contributed by atoms with E-state index in [-0.39, 0.29) is 11.5 Å². The highest BCUT2D eigenvalue weighted by atomic mass is 16.2. The highest BCUT2D eigenvalue weighted by Crippen LogP contribution is 2.09. The molecule has 0 aromatic carbocycles. The number of nitrogens with one attached hydrogen (secondary N) is 2. The predicted molar refractivity (Wildman–Crippen MR) is 83.8 cm³/mol. The molecule has 8 nitrogen and oxygen atoms in total. The van der Waals surface area contributed by atoms with Crippen molar-refractivity contribution < 1.29 is 0 Å². The third-order valence-corrected chi connectivity index (χ3v) is 3.88. The molecule has 2 heterocycles. The van der Waals surface area contributed by atoms with Crippen LogP contribution in [0.25, 0.3) is 0 Å². The zero-order valence-corrected chi connectivity index (χ0v) is 12.7. The summed E-state index contributed by atoms with van der Waals surface area (Å²) in [6.07, 6.45) is 0. The number of hydrogen-bond donors (Lipinski definition) is 3. The van der Waals surface area contributed by atoms with Gasteiger partial charge in [-0.3, -0.25) is 19.2 Å². The molecule has 1 aliphatic rings. The van der Waals surface area contributed by atoms with Crippen molar-refractivity contribution in [1.29, 1.82) is 0 Å². The summed E-state index contributed by atoms with van der Waals surface area (Å²) in [5.41, 5.74) is 5.25. The summed E-state index contributed by atoms with van der Waals surface area (Å²) in [7, 11) is 2.11. The van der Waals surface area contributed by atoms with Crippen molar-refractivity contribution in [3.05, 3.63) is 20.8 Å². The van der Waals surface area contributed by atoms with E-state index in [1.807, 2.05) is 6.92 Å². The van der Waals surface area contributed by atoms with Crippen molar-refractivity contribution in [2.45, 2.75) is 13.5 Å². The van der Waals surface area contributed by atoms with Crippen LogP contribution in [0.4, 0.5) is 11.5 Å². The molecule has 0 aliphatic carbocycles. The van der Waals surface area contributed by atoms with Gasteiger partial charge in [-0.25, -0.2) is 4.79 Å². The van der Waals surface area contributed by atoms with Crippen LogP contribution in [0.15, 0.2) is 9.59 Å². The number of H-pyrrole nitrogens is 1. The van der Waals surface area contributed by atoms with E-state index in [4.69, 9.17) is 5.73 Å². The zero-order valence-electron chi connectivity index (χ0n) is 12.7. The lowest BCUT2D eigenvalue weighted by Crippen LogP contribution is -2.46. The average molecular weight is 296 g/mol. The summed E-state index contributed by atoms with van der Waals surface area (Å²) < 4.78 is 1.35. The first-order chi connectivity index (χ1) is 10.0. The molecule has 2 rings (SSSR count). The van der Waals surface area contributed by atoms with Gasteiger partial charge in [-0.1, -0.05) is 0 Å². The van der Waals surface area contributed by atoms with Gasteiger partial charge >= 0.3 is 5.69 Å². The molecule has 1 aromatic rings. The van der Waals surface area contributed by atoms with Crippen LogP contribution in [0.3, 0.4) is 0 Å². The molecule has 1 aliphatic heterocycles. The van der Waals surface area contributed by atoms with Crippen LogP contribution < -0.4 is 22.3 Å². The van der Waals surface area contributed by atoms with Crippen molar-refractivity contribution in [2.24, 2.45) is 0 Å². The van der Waals surface area contributed by atoms with Gasteiger partial charge in [0.1, 0.15) is 11.5 Å². The second kappa shape index (κ2) is 6.77. The summed E-state index contributed by atoms with van der Waals surface area (Å²) >= 11 is 0. The number of aromatic amines is 1. The molecule has 1 aromatic heterocycles. The quantitative estimate of drug-likeness (QED) is 0.631. The maximum atomic E-state index is 11.8. The topological polar surface area (TPSA) is 99.4 Å². The molecule has 0 unspecified atom stereocenters. The normalized spacial score (nSPS) is 17.0. The van der Waals surface area contributed by atoms with E-state index in [2.05, 4.69) is 27.1 Å². The van der Waals surface area contributed by atoms with Gasteiger partial charge in [-0.05, 0) is 14.0 Å². The molecule has 4 N–H and O–H groups in total. The molecule has 0 radical (unpaired) electrons. The lowest BCUT2D eigenvalue weighted by molar-refractivity contribution is 0.158. The van der Waals surface area contributed by atoms with Crippen molar-refractivity contribution in [3.8, 4) is 0 Å². The van der Waals surface area contributed by atoms with Crippen molar-refractivity contribution >= 4 is 11.5 Å². The maximum Gasteiger partial charge on any atom is 0.330 e. The Bertz CT molecular complexity index is 585. The minimum absolute atomic E-state index is 0.199. The van der Waals surface area contributed by atoms with E-state index in [1.165, 1.54) is 4.57 Å². The first kappa shape index (κ1) is 15.6. The Kier molecular flexibility index (Phi) is 5.03. The van der Waals surface area contributed by atoms with Gasteiger partial charge in [0.15, 0.2) is 0 Å². The second-order valence-corrected chi connectivity index (χ2v) is 5.34. The highest BCUT2D eigenvalue weighted by Gasteiger charge is 2.14. The van der Waals surface area contributed by atoms with Crippen LogP contribution in [0.1, 0.15) is 6.92 Å². The third kappa shape index (κ3) is 3.64. The molecule has 1 fully saturated rings. The molecule has 0 bridgehead atoms. The van der Waals surface area contributed by atoms with Crippen molar-refractivity contribution in [3.63, 3.8) is 0 Å². The Morgan fingerprint density at radius 2 is 1.90 bits per heavy atom. The summed E-state index contributed by atoms with van der Waals surface area (Å²) in [6.45, 7) is 7.87. The van der Waals surface area contributed by atoms with Gasteiger partial charge in [0.05, 0.1) is 0 Å². The number of anilines is 2. The van der Waals surface area contributed by atoms with Crippen LogP contribution in [0.5, 0.6) is 0 Å². The van der Waals surface area contributed by atoms with Gasteiger partial charge < -0.3 is 16.0 Å². The van der Waals surface area contributed by atoms with Gasteiger partial charge in [-0.2, -0.15) is 0 Å². The molecule has 1 saturated heterocycles. The molecular weight excluding hydrogens is 272 g/mol. The molecule has 0 amide bonds. The van der Waals surface area contributed by atoms with E-state index in [0.29, 0.717) is 13.1 Å². The zero-order chi connectivity index (χ0) is 15.4. The number of piperazine rings is 1. The Labute approximate surface area is 123 Å². The number of aromatic nitrogens is 2. The van der Waals surface area contributed by atoms with Crippen molar-refractivity contribution in [1.82, 2.24) is 19.4 Å². The number of nitrogen functional groups attached to an aromatic ring is 1. The minimum Gasteiger partial charge on any atom is -0.383 e. The van der Waals surface area contributed by atoms with Gasteiger partial charge in [0.2, 0.25) is 0 Å². The number of likely N-dealkylation sites (N-methyl/N-ethyl adjacent to an activating group) is 1. The molecule has 118 valence electrons. The highest BCUT2D eigenvalue weighted by molar-refractivity contribution is 5.60. The predicted octanol–water partition coefficient (Wildman–Crippen LogP) is -1.20. The van der Waals surface area contributed by atoms with Crippen LogP contribution in [-0.2, 0) is 6.54 Å². The number of hydrogen-bond acceptors (Lipinski definition) is 6. The Morgan fingerprint density at radius 3 is 2.52 bits per heavy atom. The molecule has 21 heavy (non-hydrogen) atoms. The Balaban J connectivity index is 1.97. The van der Waals surface area contributed by atoms with Crippen molar-refractivity contribution in [2.75, 3.05) is 57.4 Å². The summed E-state index contributed by atoms with van der Waals surface area (Å²) in [6, 6.07) is 0. The third-order valence-electron chi connectivity index (χ3n) is 3.88. The first-order valence-electron chi connectivity index (χ1n) is 7.30. The minimum atomic E-state index is -0.468. The summed E-state index contributed by atoms with van der Waals surface area (Å²) in [4.78, 5) is 30.3. The fourth-order valence-electron chi connectivity index (χ4n) is 2.48. The van der Waals surface area contributed by atoms with E-state index >= 15 is 0 Å². The lowest BCUT2D eigenvalue weighted by Gasteiger charge is -2.32. The van der Waals surface area contributed by atoms with E-state index in [1.54, 1.807) is 0 Å². The van der Waals surface area contributed by atoms with Crippen LogP contribution in [0, 0.1) is 0 Å². The van der Waals surface area contributed by atoms with Crippen LogP contribution >= 0.6 is 0 Å². The average Bonchev–Trinajstić information content (AvgIpc) is 2.44. The SMILES string of the molecule is CCn1c(N)c(NCCN2CCN(C)CC2)c(=O)[nH]c1=O. The Morgan fingerprint density at radius 1 is 1.24 bits per heavy atom. The molecule has 0 spiro atoms. The first-order valence-corrected chi connectivity index (χ1v) is 7.30. The monoisotopic (exact) mass is 296 g/mol. The molecular formula is C13H24N6O2. The lowest BCUT2D eigenvalue weighted by atomic mass is 10.3. The van der Waals surface area contributed by atoms with Gasteiger partial charge in [0.25, 0.3) is 5.56 Å². The summed E-state index contributed by atoms with van der Waals surface area (Å²) in [5.74, 6) is 0.199. The standard InChI is InChI=1S/C13H24N6O2/c1-3-19-11(14)10(12(20)16-13(19)21)15-4-5-18-8-6-17(2)7-9-18/h15H,3-9,14H2,1-2H3,(H,16,20,21). The fraction of sp³-hybridized carbons (Fsp3) is 0.692. The molecule has 0 atom stereocenters. The largest absolute Gasteiger partial charge is 0.383 e. The van der Waals surface area contributed by atoms with Crippen LogP contribution in [0.2, 0.25) is 0 Å². The molecule has 8 heteroatoms. The van der Waals surface area contributed by atoms with E-state index in [9.17, 15) is 9.59 Å². The number of nitrogens with zero attached hydrogens (tertiary/aromatic N) is 3. The maximum absolute atomic E-state index is 11.8. The number of rotatable bonds is 5. The van der Waals surface area contributed by atoms with E-state index < -0.39 is 11.2 Å². The molecule has 0 saturated carbocycles. The van der Waals surface area contributed by atoms with Gasteiger partial charge in [-0.15, -0.1) is 0 Å². The summed E-state index contributed by atoms with van der Waals surface area (Å²) in [5, 5.41) is 3.06. The fourth-order valence-corrected chi connectivity index (χ4v) is 2.48. The Hall–Kier alpha value is -1.80.